The van der Waals surface area contributed by atoms with Gasteiger partial charge in [-0.05, 0) is 19.3 Å². The minimum Gasteiger partial charge on any atom is -0.396 e. The number of halogens is 12. The first-order chi connectivity index (χ1) is 13.9. The highest BCUT2D eigenvalue weighted by molar-refractivity contribution is 5.11. The van der Waals surface area contributed by atoms with Crippen LogP contribution in [0, 0.1) is 0 Å². The maximum absolute atomic E-state index is 13.7. The van der Waals surface area contributed by atoms with Crippen LogP contribution in [0.15, 0.2) is 0 Å². The van der Waals surface area contributed by atoms with Crippen LogP contribution in [0.1, 0.15) is 71.1 Å². The summed E-state index contributed by atoms with van der Waals surface area (Å²) in [5.41, 5.74) is 0. The van der Waals surface area contributed by atoms with Crippen LogP contribution in [-0.4, -0.2) is 47.2 Å². The van der Waals surface area contributed by atoms with Gasteiger partial charge >= 0.3 is 35.5 Å². The fourth-order valence-electron chi connectivity index (χ4n) is 2.73. The number of aliphatic hydroxyl groups excluding tert-OH is 1. The number of rotatable bonds is 16. The lowest BCUT2D eigenvalue weighted by molar-refractivity contribution is -0.425. The highest BCUT2D eigenvalue weighted by Crippen LogP contribution is 2.61. The summed E-state index contributed by atoms with van der Waals surface area (Å²) in [7, 11) is 0. The second kappa shape index (κ2) is 10.8. The van der Waals surface area contributed by atoms with Crippen molar-refractivity contribution < 1.29 is 57.8 Å². The predicted octanol–water partition coefficient (Wildman–Crippen LogP) is 7.71. The molecule has 31 heavy (non-hydrogen) atoms. The summed E-state index contributed by atoms with van der Waals surface area (Å²) in [4.78, 5) is 0. The predicted molar refractivity (Wildman–Crippen MR) is 88.6 cm³/mol. The first-order valence-corrected chi connectivity index (χ1v) is 9.75. The molecule has 0 heterocycles. The van der Waals surface area contributed by atoms with Gasteiger partial charge in [0.2, 0.25) is 0 Å². The fourth-order valence-corrected chi connectivity index (χ4v) is 2.73. The standard InChI is InChI=1S/C18H26F12O/c1-2-3-10-13(19,20)15(23,24)17(27,28)18(29,30)16(25,26)14(21,22)11-8-6-4-5-7-9-12-31/h31H,2-12H2,1H3. The van der Waals surface area contributed by atoms with Crippen molar-refractivity contribution in [2.75, 3.05) is 6.61 Å². The molecule has 1 nitrogen and oxygen atoms in total. The Kier molecular flexibility index (Phi) is 10.5. The number of alkyl halides is 12. The highest BCUT2D eigenvalue weighted by atomic mass is 19.4. The number of unbranched alkanes of at least 4 members (excludes halogenated alkanes) is 6. The van der Waals surface area contributed by atoms with Gasteiger partial charge in [-0.25, -0.2) is 0 Å². The summed E-state index contributed by atoms with van der Waals surface area (Å²) in [5.74, 6) is -40.7. The normalized spacial score (nSPS) is 14.9. The van der Waals surface area contributed by atoms with Gasteiger partial charge in [-0.15, -0.1) is 0 Å². The molecule has 0 bridgehead atoms. The summed E-state index contributed by atoms with van der Waals surface area (Å²) in [6, 6.07) is 0. The van der Waals surface area contributed by atoms with Gasteiger partial charge in [-0.3, -0.25) is 0 Å². The van der Waals surface area contributed by atoms with Crippen LogP contribution in [0.25, 0.3) is 0 Å². The van der Waals surface area contributed by atoms with Gasteiger partial charge in [0.25, 0.3) is 0 Å². The van der Waals surface area contributed by atoms with Gasteiger partial charge in [-0.1, -0.05) is 39.0 Å². The minimum absolute atomic E-state index is 0.143. The molecule has 0 radical (unpaired) electrons. The van der Waals surface area contributed by atoms with Crippen LogP contribution in [0.2, 0.25) is 0 Å². The molecule has 0 unspecified atom stereocenters. The molecular formula is C18H26F12O. The lowest BCUT2D eigenvalue weighted by Crippen LogP contribution is -2.70. The molecule has 0 aliphatic rings. The third-order valence-corrected chi connectivity index (χ3v) is 4.84. The van der Waals surface area contributed by atoms with Crippen LogP contribution in [0.5, 0.6) is 0 Å². The van der Waals surface area contributed by atoms with E-state index >= 15 is 0 Å². The molecule has 188 valence electrons. The molecule has 0 amide bonds. The second-order valence-electron chi connectivity index (χ2n) is 7.40. The average molecular weight is 486 g/mol. The minimum atomic E-state index is -7.47. The molecule has 0 atom stereocenters. The van der Waals surface area contributed by atoms with E-state index in [-0.39, 0.29) is 25.9 Å². The van der Waals surface area contributed by atoms with Crippen LogP contribution < -0.4 is 0 Å². The first kappa shape index (κ1) is 30.1. The number of hydrogen-bond donors (Lipinski definition) is 1. The van der Waals surface area contributed by atoms with Crippen LogP contribution in [-0.2, 0) is 0 Å². The zero-order chi connectivity index (χ0) is 24.8. The van der Waals surface area contributed by atoms with Crippen LogP contribution in [0.3, 0.4) is 0 Å². The Balaban J connectivity index is 5.53. The lowest BCUT2D eigenvalue weighted by atomic mass is 9.88. The first-order valence-electron chi connectivity index (χ1n) is 9.75. The van der Waals surface area contributed by atoms with Gasteiger partial charge in [0, 0.05) is 19.4 Å². The third kappa shape index (κ3) is 6.13. The maximum atomic E-state index is 13.7. The molecule has 0 saturated heterocycles. The van der Waals surface area contributed by atoms with E-state index in [1.54, 1.807) is 0 Å². The number of aliphatic hydroxyl groups is 1. The Labute approximate surface area is 172 Å². The van der Waals surface area contributed by atoms with Gasteiger partial charge < -0.3 is 5.11 Å². The Morgan fingerprint density at radius 1 is 0.452 bits per heavy atom. The van der Waals surface area contributed by atoms with Crippen molar-refractivity contribution in [1.29, 1.82) is 0 Å². The van der Waals surface area contributed by atoms with E-state index in [0.29, 0.717) is 19.3 Å². The Morgan fingerprint density at radius 2 is 0.774 bits per heavy atom. The average Bonchev–Trinajstić information content (AvgIpc) is 2.64. The number of hydrogen-bond acceptors (Lipinski definition) is 1. The Morgan fingerprint density at radius 3 is 1.13 bits per heavy atom. The molecule has 0 aliphatic heterocycles. The Bertz CT molecular complexity index is 534. The van der Waals surface area contributed by atoms with Gasteiger partial charge in [0.05, 0.1) is 0 Å². The van der Waals surface area contributed by atoms with Crippen molar-refractivity contribution in [2.45, 2.75) is 107 Å². The molecule has 0 spiro atoms. The van der Waals surface area contributed by atoms with Crippen LogP contribution >= 0.6 is 0 Å². The lowest BCUT2D eigenvalue weighted by Gasteiger charge is -2.41. The quantitative estimate of drug-likeness (QED) is 0.175. The SMILES string of the molecule is CCCCC(F)(F)C(F)(F)C(F)(F)C(F)(F)C(F)(F)C(F)(F)CCCCCCCCO. The fraction of sp³-hybridized carbons (Fsp3) is 1.00. The summed E-state index contributed by atoms with van der Waals surface area (Å²) in [6.07, 6.45) is -4.73. The van der Waals surface area contributed by atoms with Crippen LogP contribution in [0.4, 0.5) is 52.7 Å². The Hall–Kier alpha value is -0.880. The summed E-state index contributed by atoms with van der Waals surface area (Å²) in [6.45, 7) is 1.04. The zero-order valence-electron chi connectivity index (χ0n) is 16.8. The summed E-state index contributed by atoms with van der Waals surface area (Å²) < 4.78 is 164. The van der Waals surface area contributed by atoms with Crippen molar-refractivity contribution >= 4 is 0 Å². The van der Waals surface area contributed by atoms with Gasteiger partial charge in [0.1, 0.15) is 0 Å². The van der Waals surface area contributed by atoms with E-state index in [1.807, 2.05) is 0 Å². The monoisotopic (exact) mass is 486 g/mol. The maximum Gasteiger partial charge on any atom is 0.384 e. The molecule has 0 aliphatic carbocycles. The topological polar surface area (TPSA) is 20.2 Å². The van der Waals surface area contributed by atoms with E-state index in [0.717, 1.165) is 0 Å². The molecule has 1 N–H and O–H groups in total. The largest absolute Gasteiger partial charge is 0.396 e. The van der Waals surface area contributed by atoms with E-state index in [4.69, 9.17) is 5.11 Å². The molecule has 0 fully saturated rings. The highest BCUT2D eigenvalue weighted by Gasteiger charge is 2.89. The van der Waals surface area contributed by atoms with Crippen molar-refractivity contribution in [3.8, 4) is 0 Å². The van der Waals surface area contributed by atoms with Gasteiger partial charge in [-0.2, -0.15) is 52.7 Å². The third-order valence-electron chi connectivity index (χ3n) is 4.84. The van der Waals surface area contributed by atoms with Crippen molar-refractivity contribution in [1.82, 2.24) is 0 Å². The van der Waals surface area contributed by atoms with Crippen molar-refractivity contribution in [3.63, 3.8) is 0 Å². The molecule has 0 aromatic heterocycles. The molecule has 0 aromatic rings. The van der Waals surface area contributed by atoms with E-state index in [1.165, 1.54) is 6.92 Å². The second-order valence-corrected chi connectivity index (χ2v) is 7.40. The molecular weight excluding hydrogens is 460 g/mol. The zero-order valence-corrected chi connectivity index (χ0v) is 16.8. The smallest absolute Gasteiger partial charge is 0.384 e. The molecule has 13 heteroatoms. The van der Waals surface area contributed by atoms with E-state index < -0.39 is 61.2 Å². The van der Waals surface area contributed by atoms with Crippen molar-refractivity contribution in [2.24, 2.45) is 0 Å². The molecule has 0 rings (SSSR count). The molecule has 0 saturated carbocycles. The van der Waals surface area contributed by atoms with E-state index in [2.05, 4.69) is 0 Å². The molecule has 0 aromatic carbocycles. The summed E-state index contributed by atoms with van der Waals surface area (Å²) >= 11 is 0. The van der Waals surface area contributed by atoms with E-state index in [9.17, 15) is 52.7 Å². The van der Waals surface area contributed by atoms with Gasteiger partial charge in [0.15, 0.2) is 0 Å². The summed E-state index contributed by atoms with van der Waals surface area (Å²) in [5, 5.41) is 8.54. The van der Waals surface area contributed by atoms with Crippen molar-refractivity contribution in [3.05, 3.63) is 0 Å².